The fraction of sp³-hybridized carbons (Fsp3) is 0.385. The number of nitrogens with zero attached hydrogens (tertiary/aromatic N) is 3. The summed E-state index contributed by atoms with van der Waals surface area (Å²) in [6, 6.07) is 8.92. The van der Waals surface area contributed by atoms with Crippen LogP contribution in [0.5, 0.6) is 0 Å². The fourth-order valence-electron chi connectivity index (χ4n) is 1.77. The molecule has 0 aliphatic rings. The quantitative estimate of drug-likeness (QED) is 0.862. The lowest BCUT2D eigenvalue weighted by atomic mass is 10.1. The zero-order valence-electron chi connectivity index (χ0n) is 12.1. The molecule has 114 valence electrons. The Morgan fingerprint density at radius 2 is 1.90 bits per heavy atom. The summed E-state index contributed by atoms with van der Waals surface area (Å²) < 4.78 is 33.1. The van der Waals surface area contributed by atoms with Crippen molar-refractivity contribution in [2.45, 2.75) is 19.4 Å². The van der Waals surface area contributed by atoms with Gasteiger partial charge in [0.25, 0.3) is 10.2 Å². The van der Waals surface area contributed by atoms with Gasteiger partial charge in [-0.25, -0.2) is 0 Å². The van der Waals surface area contributed by atoms with Crippen molar-refractivity contribution >= 4 is 10.2 Å². The van der Waals surface area contributed by atoms with Crippen LogP contribution in [0.2, 0.25) is 0 Å². The summed E-state index contributed by atoms with van der Waals surface area (Å²) in [7, 11) is -0.682. The number of aryl methyl sites for hydroxylation is 1. The van der Waals surface area contributed by atoms with E-state index in [2.05, 4.69) is 14.9 Å². The molecule has 7 nitrogen and oxygen atoms in total. The van der Waals surface area contributed by atoms with E-state index in [-0.39, 0.29) is 5.89 Å². The van der Waals surface area contributed by atoms with E-state index in [1.165, 1.54) is 14.1 Å². The van der Waals surface area contributed by atoms with Crippen LogP contribution < -0.4 is 4.72 Å². The standard InChI is InChI=1S/C13H18N4O3S/c1-10-14-15-13(20-10)12(16-21(18,19)17(2)3)9-11-7-5-4-6-8-11/h4-8,12,16H,9H2,1-3H3. The van der Waals surface area contributed by atoms with Crippen LogP contribution in [-0.4, -0.2) is 37.0 Å². The molecular formula is C13H18N4O3S. The van der Waals surface area contributed by atoms with Gasteiger partial charge in [-0.2, -0.15) is 17.4 Å². The molecule has 2 rings (SSSR count). The minimum absolute atomic E-state index is 0.252. The predicted octanol–water partition coefficient (Wildman–Crippen LogP) is 1.06. The zero-order chi connectivity index (χ0) is 15.5. The first-order valence-corrected chi connectivity index (χ1v) is 7.86. The second-order valence-electron chi connectivity index (χ2n) is 4.81. The largest absolute Gasteiger partial charge is 0.424 e. The average Bonchev–Trinajstić information content (AvgIpc) is 2.85. The number of aromatic nitrogens is 2. The van der Waals surface area contributed by atoms with Crippen molar-refractivity contribution < 1.29 is 12.8 Å². The Bertz CT molecular complexity index is 682. The Balaban J connectivity index is 2.27. The maximum atomic E-state index is 12.0. The van der Waals surface area contributed by atoms with E-state index >= 15 is 0 Å². The lowest BCUT2D eigenvalue weighted by Crippen LogP contribution is -2.39. The van der Waals surface area contributed by atoms with Crippen molar-refractivity contribution in [2.75, 3.05) is 14.1 Å². The molecule has 0 fully saturated rings. The van der Waals surface area contributed by atoms with Gasteiger partial charge in [0, 0.05) is 21.0 Å². The predicted molar refractivity (Wildman–Crippen MR) is 77.7 cm³/mol. The van der Waals surface area contributed by atoms with Gasteiger partial charge in [0.05, 0.1) is 0 Å². The van der Waals surface area contributed by atoms with Gasteiger partial charge >= 0.3 is 0 Å². The first kappa shape index (κ1) is 15.6. The fourth-order valence-corrected chi connectivity index (χ4v) is 2.52. The van der Waals surface area contributed by atoms with Crippen LogP contribution in [0.25, 0.3) is 0 Å². The Kier molecular flexibility index (Phi) is 4.71. The van der Waals surface area contributed by atoms with E-state index in [0.29, 0.717) is 12.3 Å². The van der Waals surface area contributed by atoms with Crippen molar-refractivity contribution in [3.63, 3.8) is 0 Å². The Hall–Kier alpha value is -1.77. The monoisotopic (exact) mass is 310 g/mol. The van der Waals surface area contributed by atoms with Gasteiger partial charge in [0.1, 0.15) is 6.04 Å². The molecule has 0 aliphatic carbocycles. The third kappa shape index (κ3) is 4.10. The minimum atomic E-state index is -3.60. The third-order valence-electron chi connectivity index (χ3n) is 2.89. The highest BCUT2D eigenvalue weighted by molar-refractivity contribution is 7.87. The number of benzene rings is 1. The molecule has 1 aromatic heterocycles. The maximum Gasteiger partial charge on any atom is 0.279 e. The second-order valence-corrected chi connectivity index (χ2v) is 6.72. The molecule has 1 atom stereocenters. The maximum absolute atomic E-state index is 12.0. The highest BCUT2D eigenvalue weighted by Crippen LogP contribution is 2.18. The van der Waals surface area contributed by atoms with Crippen LogP contribution in [0.4, 0.5) is 0 Å². The molecule has 1 N–H and O–H groups in total. The van der Waals surface area contributed by atoms with Crippen molar-refractivity contribution in [3.05, 3.63) is 47.7 Å². The van der Waals surface area contributed by atoms with Gasteiger partial charge in [0.2, 0.25) is 11.8 Å². The van der Waals surface area contributed by atoms with Crippen LogP contribution >= 0.6 is 0 Å². The number of rotatable bonds is 6. The summed E-state index contributed by atoms with van der Waals surface area (Å²) in [4.78, 5) is 0. The van der Waals surface area contributed by atoms with Crippen molar-refractivity contribution in [3.8, 4) is 0 Å². The zero-order valence-corrected chi connectivity index (χ0v) is 13.0. The summed E-state index contributed by atoms with van der Waals surface area (Å²) in [5.74, 6) is 0.647. The lowest BCUT2D eigenvalue weighted by Gasteiger charge is -2.18. The highest BCUT2D eigenvalue weighted by atomic mass is 32.2. The third-order valence-corrected chi connectivity index (χ3v) is 4.44. The van der Waals surface area contributed by atoms with Crippen molar-refractivity contribution in [2.24, 2.45) is 0 Å². The first-order valence-electron chi connectivity index (χ1n) is 6.42. The van der Waals surface area contributed by atoms with Gasteiger partial charge < -0.3 is 4.42 Å². The van der Waals surface area contributed by atoms with E-state index in [4.69, 9.17) is 4.42 Å². The molecule has 0 spiro atoms. The summed E-state index contributed by atoms with van der Waals surface area (Å²) in [5.41, 5.74) is 0.972. The van der Waals surface area contributed by atoms with E-state index in [9.17, 15) is 8.42 Å². The summed E-state index contributed by atoms with van der Waals surface area (Å²) >= 11 is 0. The van der Waals surface area contributed by atoms with E-state index in [1.807, 2.05) is 30.3 Å². The Labute approximate surface area is 124 Å². The lowest BCUT2D eigenvalue weighted by molar-refractivity contribution is 0.403. The molecule has 0 radical (unpaired) electrons. The van der Waals surface area contributed by atoms with E-state index in [0.717, 1.165) is 9.87 Å². The molecule has 0 amide bonds. The number of hydrogen-bond acceptors (Lipinski definition) is 5. The Morgan fingerprint density at radius 3 is 2.43 bits per heavy atom. The SMILES string of the molecule is Cc1nnc(C(Cc2ccccc2)NS(=O)(=O)N(C)C)o1. The molecule has 0 aliphatic heterocycles. The number of nitrogens with one attached hydrogen (secondary N) is 1. The van der Waals surface area contributed by atoms with E-state index < -0.39 is 16.3 Å². The smallest absolute Gasteiger partial charge is 0.279 e. The molecule has 0 saturated heterocycles. The van der Waals surface area contributed by atoms with Crippen LogP contribution in [0.15, 0.2) is 34.7 Å². The average molecular weight is 310 g/mol. The second kappa shape index (κ2) is 6.33. The molecule has 1 heterocycles. The van der Waals surface area contributed by atoms with Crippen LogP contribution in [0, 0.1) is 6.92 Å². The normalized spacial score (nSPS) is 13.5. The first-order chi connectivity index (χ1) is 9.88. The van der Waals surface area contributed by atoms with Gasteiger partial charge in [-0.3, -0.25) is 0 Å². The summed E-state index contributed by atoms with van der Waals surface area (Å²) in [5, 5.41) is 7.68. The van der Waals surface area contributed by atoms with Gasteiger partial charge in [-0.15, -0.1) is 10.2 Å². The molecule has 2 aromatic rings. The molecule has 0 saturated carbocycles. The highest BCUT2D eigenvalue weighted by Gasteiger charge is 2.25. The van der Waals surface area contributed by atoms with Gasteiger partial charge in [-0.05, 0) is 12.0 Å². The summed E-state index contributed by atoms with van der Waals surface area (Å²) in [6.45, 7) is 1.66. The molecular weight excluding hydrogens is 292 g/mol. The molecule has 1 unspecified atom stereocenters. The summed E-state index contributed by atoms with van der Waals surface area (Å²) in [6.07, 6.45) is 0.426. The molecule has 0 bridgehead atoms. The molecule has 8 heteroatoms. The van der Waals surface area contributed by atoms with Crippen molar-refractivity contribution in [1.29, 1.82) is 0 Å². The minimum Gasteiger partial charge on any atom is -0.424 e. The molecule has 21 heavy (non-hydrogen) atoms. The number of hydrogen-bond donors (Lipinski definition) is 1. The van der Waals surface area contributed by atoms with Crippen LogP contribution in [0.3, 0.4) is 0 Å². The van der Waals surface area contributed by atoms with Gasteiger partial charge in [0.15, 0.2) is 0 Å². The van der Waals surface area contributed by atoms with Crippen LogP contribution in [0.1, 0.15) is 23.4 Å². The topological polar surface area (TPSA) is 88.3 Å². The van der Waals surface area contributed by atoms with Crippen molar-refractivity contribution in [1.82, 2.24) is 19.2 Å². The Morgan fingerprint density at radius 1 is 1.24 bits per heavy atom. The van der Waals surface area contributed by atoms with Crippen LogP contribution in [-0.2, 0) is 16.6 Å². The molecule has 1 aromatic carbocycles. The van der Waals surface area contributed by atoms with Gasteiger partial charge in [-0.1, -0.05) is 30.3 Å². The van der Waals surface area contributed by atoms with E-state index in [1.54, 1.807) is 6.92 Å².